The molecule has 0 aliphatic carbocycles. The Balaban J connectivity index is 1.77. The molecule has 0 aromatic heterocycles. The maximum Gasteiger partial charge on any atom is 0.192 e. The van der Waals surface area contributed by atoms with Gasteiger partial charge in [0.25, 0.3) is 0 Å². The fraction of sp³-hybridized carbons (Fsp3) is 0.310. The summed E-state index contributed by atoms with van der Waals surface area (Å²) in [6.45, 7) is 15.9. The molecule has 0 fully saturated rings. The van der Waals surface area contributed by atoms with Crippen molar-refractivity contribution >= 4 is 44.5 Å². The van der Waals surface area contributed by atoms with Gasteiger partial charge in [0.05, 0.1) is 27.3 Å². The van der Waals surface area contributed by atoms with Crippen LogP contribution in [0.5, 0.6) is 0 Å². The number of halogens is 2. The summed E-state index contributed by atoms with van der Waals surface area (Å²) in [7, 11) is -3.28. The molecule has 0 unspecified atom stereocenters. The molecule has 0 saturated carbocycles. The molecule has 0 atom stereocenters. The number of Topliss-reactive ketones (excluding diaryl/α,β-unsaturated/α-hetero) is 1. The molecule has 8 heteroatoms. The second kappa shape index (κ2) is 12.7. The molecule has 0 N–H and O–H groups in total. The molecule has 0 saturated heterocycles. The number of ketones is 1. The van der Waals surface area contributed by atoms with E-state index in [1.807, 2.05) is 18.2 Å². The average molecular weight is 558 g/mol. The predicted octanol–water partition coefficient (Wildman–Crippen LogP) is 7.20. The minimum absolute atomic E-state index is 0.0302. The fourth-order valence-electron chi connectivity index (χ4n) is 4.15. The van der Waals surface area contributed by atoms with E-state index in [2.05, 4.69) is 23.6 Å². The summed E-state index contributed by atoms with van der Waals surface area (Å²) in [4.78, 5) is 18.9. The monoisotopic (exact) mass is 556 g/mol. The molecule has 0 radical (unpaired) electrons. The fourth-order valence-corrected chi connectivity index (χ4v) is 5.78. The maximum absolute atomic E-state index is 12.7. The summed E-state index contributed by atoms with van der Waals surface area (Å²) in [5.41, 5.74) is 4.34. The zero-order valence-corrected chi connectivity index (χ0v) is 23.6. The number of carbonyl (C=O) groups is 1. The van der Waals surface area contributed by atoms with Crippen molar-refractivity contribution in [2.45, 2.75) is 45.1 Å². The van der Waals surface area contributed by atoms with Crippen molar-refractivity contribution in [3.05, 3.63) is 92.8 Å². The standard InChI is InChI=1S/C29H30Cl2N2O3S/c1-5-33(6-2)19-23-11-10-22(18-28(23)32-4)29-26(30)16-21(17-27(29)31)15-24(34)14-20-8-12-25(13-9-20)37(35,36)7-3/h8-13,16-18H,5-7,14-15,19H2,1-3H3. The first kappa shape index (κ1) is 28.9. The number of hydrogen-bond donors (Lipinski definition) is 0. The average Bonchev–Trinajstić information content (AvgIpc) is 2.87. The highest BCUT2D eigenvalue weighted by Crippen LogP contribution is 2.38. The van der Waals surface area contributed by atoms with Gasteiger partial charge in [0, 0.05) is 24.9 Å². The van der Waals surface area contributed by atoms with E-state index in [4.69, 9.17) is 29.8 Å². The highest BCUT2D eigenvalue weighted by atomic mass is 35.5. The number of carbonyl (C=O) groups excluding carboxylic acids is 1. The van der Waals surface area contributed by atoms with Crippen LogP contribution in [-0.4, -0.2) is 37.9 Å². The quantitative estimate of drug-likeness (QED) is 0.234. The summed E-state index contributed by atoms with van der Waals surface area (Å²) in [5.74, 6) is -0.00958. The Hall–Kier alpha value is -2.69. The Kier molecular flexibility index (Phi) is 9.92. The minimum Gasteiger partial charge on any atom is -0.301 e. The third-order valence-corrected chi connectivity index (χ3v) is 8.70. The van der Waals surface area contributed by atoms with E-state index < -0.39 is 9.84 Å². The minimum atomic E-state index is -3.28. The molecule has 0 aliphatic heterocycles. The number of benzene rings is 3. The summed E-state index contributed by atoms with van der Waals surface area (Å²) in [6.07, 6.45) is 0.316. The van der Waals surface area contributed by atoms with Gasteiger partial charge in [-0.25, -0.2) is 13.3 Å². The number of sulfone groups is 1. The van der Waals surface area contributed by atoms with Crippen molar-refractivity contribution in [3.8, 4) is 11.1 Å². The van der Waals surface area contributed by atoms with E-state index >= 15 is 0 Å². The summed E-state index contributed by atoms with van der Waals surface area (Å²) < 4.78 is 24.0. The van der Waals surface area contributed by atoms with Gasteiger partial charge < -0.3 is 4.90 Å². The van der Waals surface area contributed by atoms with Crippen LogP contribution >= 0.6 is 23.2 Å². The zero-order chi connectivity index (χ0) is 27.2. The normalized spacial score (nSPS) is 11.5. The van der Waals surface area contributed by atoms with Crippen LogP contribution in [0.4, 0.5) is 5.69 Å². The summed E-state index contributed by atoms with van der Waals surface area (Å²) in [6, 6.07) is 15.6. The van der Waals surface area contributed by atoms with Gasteiger partial charge in [-0.3, -0.25) is 4.79 Å². The van der Waals surface area contributed by atoms with Gasteiger partial charge in [-0.1, -0.05) is 68.2 Å². The molecule has 3 rings (SSSR count). The Bertz CT molecular complexity index is 1400. The lowest BCUT2D eigenvalue weighted by molar-refractivity contribution is -0.117. The Labute approximate surface area is 229 Å². The first-order chi connectivity index (χ1) is 17.6. The zero-order valence-electron chi connectivity index (χ0n) is 21.2. The lowest BCUT2D eigenvalue weighted by Gasteiger charge is -2.19. The van der Waals surface area contributed by atoms with Gasteiger partial charge in [-0.15, -0.1) is 0 Å². The third-order valence-electron chi connectivity index (χ3n) is 6.35. The SMILES string of the molecule is [C-]#[N+]c1cc(-c2c(Cl)cc(CC(=O)Cc3ccc(S(=O)(=O)CC)cc3)cc2Cl)ccc1CN(CC)CC. The maximum atomic E-state index is 12.7. The van der Waals surface area contributed by atoms with E-state index in [9.17, 15) is 13.2 Å². The molecule has 0 heterocycles. The Morgan fingerprint density at radius 1 is 0.892 bits per heavy atom. The third kappa shape index (κ3) is 7.21. The van der Waals surface area contributed by atoms with Crippen molar-refractivity contribution in [3.63, 3.8) is 0 Å². The molecule has 37 heavy (non-hydrogen) atoms. The van der Waals surface area contributed by atoms with Crippen molar-refractivity contribution in [1.29, 1.82) is 0 Å². The van der Waals surface area contributed by atoms with Gasteiger partial charge >= 0.3 is 0 Å². The van der Waals surface area contributed by atoms with Gasteiger partial charge in [0.2, 0.25) is 0 Å². The summed E-state index contributed by atoms with van der Waals surface area (Å²) in [5, 5.41) is 0.827. The summed E-state index contributed by atoms with van der Waals surface area (Å²) >= 11 is 13.2. The van der Waals surface area contributed by atoms with Crippen LogP contribution in [0.2, 0.25) is 10.0 Å². The number of nitrogens with zero attached hydrogens (tertiary/aromatic N) is 2. The highest BCUT2D eigenvalue weighted by Gasteiger charge is 2.16. The molecule has 3 aromatic carbocycles. The van der Waals surface area contributed by atoms with Crippen LogP contribution in [0, 0.1) is 6.57 Å². The van der Waals surface area contributed by atoms with E-state index in [0.717, 1.165) is 29.8 Å². The van der Waals surface area contributed by atoms with E-state index in [-0.39, 0.29) is 29.3 Å². The predicted molar refractivity (Wildman–Crippen MR) is 151 cm³/mol. The molecule has 0 bridgehead atoms. The number of hydrogen-bond acceptors (Lipinski definition) is 4. The van der Waals surface area contributed by atoms with E-state index in [1.54, 1.807) is 31.2 Å². The van der Waals surface area contributed by atoms with Crippen LogP contribution in [-0.2, 0) is 34.0 Å². The van der Waals surface area contributed by atoms with Crippen LogP contribution in [0.15, 0.2) is 59.5 Å². The Morgan fingerprint density at radius 3 is 2.03 bits per heavy atom. The van der Waals surface area contributed by atoms with E-state index in [0.29, 0.717) is 33.4 Å². The molecule has 0 amide bonds. The van der Waals surface area contributed by atoms with E-state index in [1.165, 1.54) is 12.1 Å². The van der Waals surface area contributed by atoms with Crippen LogP contribution < -0.4 is 0 Å². The Morgan fingerprint density at radius 2 is 1.49 bits per heavy atom. The van der Waals surface area contributed by atoms with Crippen LogP contribution in [0.25, 0.3) is 16.0 Å². The second-order valence-electron chi connectivity index (χ2n) is 8.79. The van der Waals surface area contributed by atoms with Crippen molar-refractivity contribution in [2.24, 2.45) is 0 Å². The molecular formula is C29H30Cl2N2O3S. The molecule has 0 spiro atoms. The van der Waals surface area contributed by atoms with Crippen molar-refractivity contribution < 1.29 is 13.2 Å². The lowest BCUT2D eigenvalue weighted by atomic mass is 9.98. The van der Waals surface area contributed by atoms with Crippen LogP contribution in [0.1, 0.15) is 37.5 Å². The van der Waals surface area contributed by atoms with Gasteiger partial charge in [-0.05, 0) is 65.7 Å². The molecule has 0 aliphatic rings. The second-order valence-corrected chi connectivity index (χ2v) is 11.9. The largest absolute Gasteiger partial charge is 0.301 e. The molecular weight excluding hydrogens is 527 g/mol. The van der Waals surface area contributed by atoms with Crippen molar-refractivity contribution in [2.75, 3.05) is 18.8 Å². The van der Waals surface area contributed by atoms with Crippen molar-refractivity contribution in [1.82, 2.24) is 4.90 Å². The molecule has 3 aromatic rings. The first-order valence-electron chi connectivity index (χ1n) is 12.2. The van der Waals surface area contributed by atoms with Gasteiger partial charge in [-0.2, -0.15) is 0 Å². The van der Waals surface area contributed by atoms with Gasteiger partial charge in [0.1, 0.15) is 5.78 Å². The van der Waals surface area contributed by atoms with Crippen LogP contribution in [0.3, 0.4) is 0 Å². The smallest absolute Gasteiger partial charge is 0.192 e. The highest BCUT2D eigenvalue weighted by molar-refractivity contribution is 7.91. The van der Waals surface area contributed by atoms with Gasteiger partial charge in [0.15, 0.2) is 15.5 Å². The number of rotatable bonds is 11. The molecule has 5 nitrogen and oxygen atoms in total. The lowest BCUT2D eigenvalue weighted by Crippen LogP contribution is -2.22. The molecule has 194 valence electrons. The first-order valence-corrected chi connectivity index (χ1v) is 14.6. The topological polar surface area (TPSA) is 58.8 Å².